The van der Waals surface area contributed by atoms with E-state index in [4.69, 9.17) is 16.1 Å². The van der Waals surface area contributed by atoms with Crippen LogP contribution in [0.15, 0.2) is 35.0 Å². The fourth-order valence-electron chi connectivity index (χ4n) is 2.37. The molecule has 0 amide bonds. The van der Waals surface area contributed by atoms with Crippen LogP contribution < -0.4 is 0 Å². The lowest BCUT2D eigenvalue weighted by Crippen LogP contribution is -2.22. The minimum atomic E-state index is -1.38. The maximum atomic E-state index is 12.5. The first-order valence-corrected chi connectivity index (χ1v) is 6.82. The van der Waals surface area contributed by atoms with Crippen molar-refractivity contribution >= 4 is 34.3 Å². The highest BCUT2D eigenvalue weighted by Gasteiger charge is 2.33. The summed E-state index contributed by atoms with van der Waals surface area (Å²) in [5.41, 5.74) is 1.03. The molecule has 1 aromatic carbocycles. The minimum Gasteiger partial charge on any atom is -0.480 e. The van der Waals surface area contributed by atoms with Crippen LogP contribution in [0.25, 0.3) is 10.9 Å². The van der Waals surface area contributed by atoms with Crippen LogP contribution in [0.5, 0.6) is 0 Å². The molecule has 0 radical (unpaired) electrons. The van der Waals surface area contributed by atoms with Crippen molar-refractivity contribution in [1.29, 1.82) is 0 Å². The highest BCUT2D eigenvalue weighted by atomic mass is 35.5. The van der Waals surface area contributed by atoms with E-state index in [1.807, 2.05) is 0 Å². The summed E-state index contributed by atoms with van der Waals surface area (Å²) in [6.45, 7) is 1.63. The van der Waals surface area contributed by atoms with Crippen LogP contribution in [0.4, 0.5) is 0 Å². The van der Waals surface area contributed by atoms with Gasteiger partial charge in [0.2, 0.25) is 5.78 Å². The van der Waals surface area contributed by atoms with Gasteiger partial charge in [-0.05, 0) is 30.7 Å². The Morgan fingerprint density at radius 2 is 2.14 bits per heavy atom. The molecule has 2 heterocycles. The predicted molar refractivity (Wildman–Crippen MR) is 79.3 cm³/mol. The normalized spacial score (nSPS) is 12.5. The third-order valence-corrected chi connectivity index (χ3v) is 3.61. The molecule has 3 rings (SSSR count). The average Bonchev–Trinajstić information content (AvgIpc) is 3.06. The zero-order valence-electron chi connectivity index (χ0n) is 11.5. The van der Waals surface area contributed by atoms with Gasteiger partial charge in [-0.15, -0.1) is 0 Å². The smallest absolute Gasteiger partial charge is 0.319 e. The van der Waals surface area contributed by atoms with Crippen LogP contribution in [-0.2, 0) is 4.79 Å². The van der Waals surface area contributed by atoms with Crippen LogP contribution in [0.3, 0.4) is 0 Å². The van der Waals surface area contributed by atoms with Gasteiger partial charge in [-0.2, -0.15) is 0 Å². The van der Waals surface area contributed by atoms with E-state index >= 15 is 0 Å². The van der Waals surface area contributed by atoms with Gasteiger partial charge in [0, 0.05) is 28.2 Å². The van der Waals surface area contributed by atoms with Crippen molar-refractivity contribution in [2.24, 2.45) is 0 Å². The molecule has 0 saturated carbocycles. The number of hydrogen-bond acceptors (Lipinski definition) is 4. The van der Waals surface area contributed by atoms with Crippen molar-refractivity contribution < 1.29 is 19.2 Å². The third-order valence-electron chi connectivity index (χ3n) is 3.38. The van der Waals surface area contributed by atoms with Crippen molar-refractivity contribution in [3.63, 3.8) is 0 Å². The summed E-state index contributed by atoms with van der Waals surface area (Å²) in [4.78, 5) is 27.0. The average molecular weight is 319 g/mol. The summed E-state index contributed by atoms with van der Waals surface area (Å²) in [6.07, 6.45) is 1.50. The SMILES string of the molecule is Cc1cc(C(=O)C(C(=O)O)c2c[nH]c3ccc(Cl)cc23)no1. The summed E-state index contributed by atoms with van der Waals surface area (Å²) in [5.74, 6) is -2.83. The molecule has 0 fully saturated rings. The maximum absolute atomic E-state index is 12.5. The van der Waals surface area contributed by atoms with Crippen molar-refractivity contribution in [2.75, 3.05) is 0 Å². The van der Waals surface area contributed by atoms with Gasteiger partial charge in [-0.25, -0.2) is 0 Å². The number of rotatable bonds is 4. The second-order valence-electron chi connectivity index (χ2n) is 4.89. The zero-order valence-corrected chi connectivity index (χ0v) is 12.2. The number of benzene rings is 1. The Hall–Kier alpha value is -2.60. The first-order chi connectivity index (χ1) is 10.5. The quantitative estimate of drug-likeness (QED) is 0.569. The molecule has 1 atom stereocenters. The van der Waals surface area contributed by atoms with E-state index < -0.39 is 17.7 Å². The molecule has 7 heteroatoms. The molecule has 0 aliphatic heterocycles. The summed E-state index contributed by atoms with van der Waals surface area (Å²) in [7, 11) is 0. The van der Waals surface area contributed by atoms with Gasteiger partial charge in [0.05, 0.1) is 0 Å². The molecule has 0 aliphatic rings. The molecule has 2 aromatic heterocycles. The lowest BCUT2D eigenvalue weighted by Gasteiger charge is -2.08. The fourth-order valence-corrected chi connectivity index (χ4v) is 2.54. The third kappa shape index (κ3) is 2.37. The van der Waals surface area contributed by atoms with E-state index in [-0.39, 0.29) is 5.69 Å². The maximum Gasteiger partial charge on any atom is 0.319 e. The van der Waals surface area contributed by atoms with Gasteiger partial charge in [-0.1, -0.05) is 16.8 Å². The first-order valence-electron chi connectivity index (χ1n) is 6.44. The number of aryl methyl sites for hydroxylation is 1. The van der Waals surface area contributed by atoms with Crippen LogP contribution in [0.2, 0.25) is 5.02 Å². The van der Waals surface area contributed by atoms with Gasteiger partial charge < -0.3 is 14.6 Å². The van der Waals surface area contributed by atoms with Crippen molar-refractivity contribution in [3.8, 4) is 0 Å². The highest BCUT2D eigenvalue weighted by Crippen LogP contribution is 2.30. The molecule has 0 saturated heterocycles. The number of carbonyl (C=O) groups excluding carboxylic acids is 1. The number of ketones is 1. The number of aromatic amines is 1. The minimum absolute atomic E-state index is 0.0127. The number of aromatic nitrogens is 2. The van der Waals surface area contributed by atoms with Gasteiger partial charge in [-0.3, -0.25) is 9.59 Å². The van der Waals surface area contributed by atoms with Crippen LogP contribution in [0, 0.1) is 6.92 Å². The number of nitrogens with one attached hydrogen (secondary N) is 1. The summed E-state index contributed by atoms with van der Waals surface area (Å²) in [6, 6.07) is 6.45. The van der Waals surface area contributed by atoms with Crippen LogP contribution in [0.1, 0.15) is 27.7 Å². The fraction of sp³-hybridized carbons (Fsp3) is 0.133. The van der Waals surface area contributed by atoms with Gasteiger partial charge in [0.1, 0.15) is 11.7 Å². The molecule has 0 bridgehead atoms. The zero-order chi connectivity index (χ0) is 15.9. The van der Waals surface area contributed by atoms with E-state index in [9.17, 15) is 14.7 Å². The molecule has 1 unspecified atom stereocenters. The van der Waals surface area contributed by atoms with Gasteiger partial charge in [0.25, 0.3) is 0 Å². The molecular formula is C15H11ClN2O4. The molecule has 6 nitrogen and oxygen atoms in total. The van der Waals surface area contributed by atoms with E-state index in [0.29, 0.717) is 27.2 Å². The first kappa shape index (κ1) is 14.3. The number of aliphatic carboxylic acids is 1. The number of carboxylic acid groups (broad SMARTS) is 1. The Bertz CT molecular complexity index is 881. The Kier molecular flexibility index (Phi) is 3.46. The van der Waals surface area contributed by atoms with E-state index in [2.05, 4.69) is 10.1 Å². The second kappa shape index (κ2) is 5.31. The number of Topliss-reactive ketones (excluding diaryl/α,β-unsaturated/α-hetero) is 1. The van der Waals surface area contributed by atoms with Crippen LogP contribution >= 0.6 is 11.6 Å². The number of fused-ring (bicyclic) bond motifs is 1. The molecule has 2 N–H and O–H groups in total. The largest absolute Gasteiger partial charge is 0.480 e. The van der Waals surface area contributed by atoms with Gasteiger partial charge >= 0.3 is 5.97 Å². The molecule has 3 aromatic rings. The van der Waals surface area contributed by atoms with Crippen LogP contribution in [-0.4, -0.2) is 27.0 Å². The number of H-pyrrole nitrogens is 1. The monoisotopic (exact) mass is 318 g/mol. The Labute approximate surface area is 129 Å². The summed E-state index contributed by atoms with van der Waals surface area (Å²) < 4.78 is 4.85. The van der Waals surface area contributed by atoms with Crippen molar-refractivity contribution in [3.05, 3.63) is 52.5 Å². The van der Waals surface area contributed by atoms with Crippen molar-refractivity contribution in [1.82, 2.24) is 10.1 Å². The Morgan fingerprint density at radius 1 is 1.36 bits per heavy atom. The second-order valence-corrected chi connectivity index (χ2v) is 5.33. The van der Waals surface area contributed by atoms with Gasteiger partial charge in [0.15, 0.2) is 5.69 Å². The lowest BCUT2D eigenvalue weighted by molar-refractivity contribution is -0.137. The van der Waals surface area contributed by atoms with Crippen molar-refractivity contribution in [2.45, 2.75) is 12.8 Å². The van der Waals surface area contributed by atoms with E-state index in [1.165, 1.54) is 12.3 Å². The Morgan fingerprint density at radius 3 is 2.77 bits per heavy atom. The number of nitrogens with zero attached hydrogens (tertiary/aromatic N) is 1. The number of carboxylic acids is 1. The van der Waals surface area contributed by atoms with E-state index in [0.717, 1.165) is 0 Å². The molecule has 0 aliphatic carbocycles. The topological polar surface area (TPSA) is 96.2 Å². The molecule has 112 valence electrons. The Balaban J connectivity index is 2.12. The highest BCUT2D eigenvalue weighted by molar-refractivity contribution is 6.31. The number of carbonyl (C=O) groups is 2. The molecular weight excluding hydrogens is 308 g/mol. The number of halogens is 1. The predicted octanol–water partition coefficient (Wildman–Crippen LogP) is 3.17. The molecule has 0 spiro atoms. The summed E-state index contributed by atoms with van der Waals surface area (Å²) in [5, 5.41) is 14.1. The number of hydrogen-bond donors (Lipinski definition) is 2. The summed E-state index contributed by atoms with van der Waals surface area (Å²) >= 11 is 5.96. The lowest BCUT2D eigenvalue weighted by atomic mass is 9.92. The van der Waals surface area contributed by atoms with E-state index in [1.54, 1.807) is 25.1 Å². The molecule has 22 heavy (non-hydrogen) atoms. The standard InChI is InChI=1S/C15H11ClN2O4/c1-7-4-12(18-22-7)14(19)13(15(20)21)10-6-17-11-3-2-8(16)5-9(10)11/h2-6,13,17H,1H3,(H,20,21).